The highest BCUT2D eigenvalue weighted by Gasteiger charge is 2.14. The predicted octanol–water partition coefficient (Wildman–Crippen LogP) is 4.71. The highest BCUT2D eigenvalue weighted by atomic mass is 79.9. The number of thiophene rings is 1. The van der Waals surface area contributed by atoms with E-state index >= 15 is 0 Å². The van der Waals surface area contributed by atoms with E-state index in [1.54, 1.807) is 11.3 Å². The predicted molar refractivity (Wildman–Crippen MR) is 82.0 cm³/mol. The van der Waals surface area contributed by atoms with Crippen molar-refractivity contribution in [2.45, 2.75) is 6.04 Å². The minimum absolute atomic E-state index is 0.0945. The van der Waals surface area contributed by atoms with E-state index in [1.807, 2.05) is 18.2 Å². The monoisotopic (exact) mass is 317 g/mol. The van der Waals surface area contributed by atoms with Crippen molar-refractivity contribution in [3.05, 3.63) is 69.5 Å². The van der Waals surface area contributed by atoms with Gasteiger partial charge in [-0.1, -0.05) is 52.3 Å². The van der Waals surface area contributed by atoms with Gasteiger partial charge < -0.3 is 5.73 Å². The molecule has 3 heteroatoms. The van der Waals surface area contributed by atoms with E-state index in [-0.39, 0.29) is 6.04 Å². The van der Waals surface area contributed by atoms with Gasteiger partial charge in [0.25, 0.3) is 0 Å². The van der Waals surface area contributed by atoms with Crippen molar-refractivity contribution < 1.29 is 0 Å². The molecule has 0 aliphatic carbocycles. The number of rotatable bonds is 2. The molecule has 0 saturated heterocycles. The lowest BCUT2D eigenvalue weighted by Gasteiger charge is -2.15. The van der Waals surface area contributed by atoms with Gasteiger partial charge in [-0.15, -0.1) is 11.3 Å². The summed E-state index contributed by atoms with van der Waals surface area (Å²) < 4.78 is 2.34. The van der Waals surface area contributed by atoms with Gasteiger partial charge in [-0.25, -0.2) is 0 Å². The molecule has 0 saturated carbocycles. The molecule has 18 heavy (non-hydrogen) atoms. The Morgan fingerprint density at radius 1 is 0.944 bits per heavy atom. The third-order valence-electron chi connectivity index (χ3n) is 3.08. The maximum Gasteiger partial charge on any atom is 0.0577 e. The fraction of sp³-hybridized carbons (Fsp3) is 0.0667. The van der Waals surface area contributed by atoms with Gasteiger partial charge in [-0.2, -0.15) is 0 Å². The average molecular weight is 318 g/mol. The van der Waals surface area contributed by atoms with Gasteiger partial charge in [0, 0.05) is 9.17 Å². The summed E-state index contributed by atoms with van der Waals surface area (Å²) in [5.41, 5.74) is 8.73. The van der Waals surface area contributed by atoms with Crippen molar-refractivity contribution in [3.8, 4) is 0 Å². The normalized spacial score (nSPS) is 12.8. The van der Waals surface area contributed by atoms with E-state index in [0.29, 0.717) is 0 Å². The second-order valence-electron chi connectivity index (χ2n) is 4.19. The van der Waals surface area contributed by atoms with Crippen molar-refractivity contribution in [2.75, 3.05) is 0 Å². The van der Waals surface area contributed by atoms with Crippen LogP contribution in [0.1, 0.15) is 17.2 Å². The van der Waals surface area contributed by atoms with Crippen molar-refractivity contribution in [1.82, 2.24) is 0 Å². The number of nitrogens with two attached hydrogens (primary N) is 1. The van der Waals surface area contributed by atoms with Gasteiger partial charge in [-0.3, -0.25) is 0 Å². The van der Waals surface area contributed by atoms with Gasteiger partial charge in [0.05, 0.1) is 6.04 Å². The summed E-state index contributed by atoms with van der Waals surface area (Å²) in [6.07, 6.45) is 0. The van der Waals surface area contributed by atoms with Gasteiger partial charge in [0.2, 0.25) is 0 Å². The van der Waals surface area contributed by atoms with E-state index in [2.05, 4.69) is 51.6 Å². The summed E-state index contributed by atoms with van der Waals surface area (Å²) in [4.78, 5) is 0. The fourth-order valence-electron chi connectivity index (χ4n) is 2.16. The van der Waals surface area contributed by atoms with Crippen LogP contribution < -0.4 is 5.73 Å². The molecule has 1 heterocycles. The maximum absolute atomic E-state index is 6.42. The highest BCUT2D eigenvalue weighted by molar-refractivity contribution is 9.10. The zero-order valence-corrected chi connectivity index (χ0v) is 12.0. The Morgan fingerprint density at radius 2 is 1.72 bits per heavy atom. The van der Waals surface area contributed by atoms with Gasteiger partial charge >= 0.3 is 0 Å². The Bertz CT molecular complexity index is 690. The summed E-state index contributed by atoms with van der Waals surface area (Å²) in [5.74, 6) is 0. The first-order valence-electron chi connectivity index (χ1n) is 5.73. The Morgan fingerprint density at radius 3 is 2.56 bits per heavy atom. The lowest BCUT2D eigenvalue weighted by Crippen LogP contribution is -2.12. The lowest BCUT2D eigenvalue weighted by molar-refractivity contribution is 0.876. The molecule has 0 bridgehead atoms. The molecule has 0 aliphatic rings. The van der Waals surface area contributed by atoms with E-state index in [0.717, 1.165) is 10.0 Å². The minimum atomic E-state index is -0.0945. The Kier molecular flexibility index (Phi) is 3.20. The number of halogens is 1. The van der Waals surface area contributed by atoms with Gasteiger partial charge in [-0.05, 0) is 34.0 Å². The minimum Gasteiger partial charge on any atom is -0.320 e. The van der Waals surface area contributed by atoms with Gasteiger partial charge in [0.15, 0.2) is 0 Å². The van der Waals surface area contributed by atoms with E-state index in [4.69, 9.17) is 5.73 Å². The molecule has 1 aromatic heterocycles. The number of hydrogen-bond donors (Lipinski definition) is 1. The number of hydrogen-bond acceptors (Lipinski definition) is 2. The first-order chi connectivity index (χ1) is 8.77. The third kappa shape index (κ3) is 1.99. The molecule has 0 aliphatic heterocycles. The molecule has 90 valence electrons. The van der Waals surface area contributed by atoms with E-state index in [9.17, 15) is 0 Å². The van der Waals surface area contributed by atoms with Crippen molar-refractivity contribution in [1.29, 1.82) is 0 Å². The molecule has 2 aromatic carbocycles. The molecule has 0 radical (unpaired) electrons. The van der Waals surface area contributed by atoms with Crippen LogP contribution >= 0.6 is 27.3 Å². The Hall–Kier alpha value is -1.16. The second kappa shape index (κ2) is 4.84. The van der Waals surface area contributed by atoms with Crippen LogP contribution in [-0.4, -0.2) is 0 Å². The molecular weight excluding hydrogens is 306 g/mol. The van der Waals surface area contributed by atoms with Crippen LogP contribution in [0.15, 0.2) is 58.4 Å². The average Bonchev–Trinajstić information content (AvgIpc) is 2.86. The van der Waals surface area contributed by atoms with Gasteiger partial charge in [0.1, 0.15) is 0 Å². The number of fused-ring (bicyclic) bond motifs is 1. The Labute approximate surface area is 118 Å². The molecule has 1 unspecified atom stereocenters. The zero-order chi connectivity index (χ0) is 12.5. The topological polar surface area (TPSA) is 26.0 Å². The summed E-state index contributed by atoms with van der Waals surface area (Å²) in [5, 5.41) is 3.38. The summed E-state index contributed by atoms with van der Waals surface area (Å²) in [6, 6.07) is 16.5. The molecule has 2 N–H and O–H groups in total. The van der Waals surface area contributed by atoms with Crippen LogP contribution in [0.4, 0.5) is 0 Å². The Balaban J connectivity index is 2.15. The van der Waals surface area contributed by atoms with E-state index in [1.165, 1.54) is 15.6 Å². The molecule has 0 fully saturated rings. The SMILES string of the molecule is NC(c1ccccc1Br)c1cccc2ccsc12. The van der Waals surface area contributed by atoms with Crippen LogP contribution in [0, 0.1) is 0 Å². The quantitative estimate of drug-likeness (QED) is 0.727. The summed E-state index contributed by atoms with van der Waals surface area (Å²) >= 11 is 5.32. The molecule has 3 aromatic rings. The van der Waals surface area contributed by atoms with Crippen molar-refractivity contribution in [2.24, 2.45) is 5.73 Å². The fourth-order valence-corrected chi connectivity index (χ4v) is 3.64. The third-order valence-corrected chi connectivity index (χ3v) is 4.79. The molecular formula is C15H12BrNS. The summed E-state index contributed by atoms with van der Waals surface area (Å²) in [6.45, 7) is 0. The van der Waals surface area contributed by atoms with Crippen molar-refractivity contribution >= 4 is 37.4 Å². The molecule has 0 spiro atoms. The lowest BCUT2D eigenvalue weighted by atomic mass is 9.99. The van der Waals surface area contributed by atoms with Crippen LogP contribution in [0.25, 0.3) is 10.1 Å². The second-order valence-corrected chi connectivity index (χ2v) is 5.96. The molecule has 0 amide bonds. The zero-order valence-electron chi connectivity index (χ0n) is 9.64. The van der Waals surface area contributed by atoms with E-state index < -0.39 is 0 Å². The smallest absolute Gasteiger partial charge is 0.0577 e. The molecule has 1 nitrogen and oxygen atoms in total. The molecule has 3 rings (SSSR count). The number of benzene rings is 2. The first-order valence-corrected chi connectivity index (χ1v) is 7.41. The summed E-state index contributed by atoms with van der Waals surface area (Å²) in [7, 11) is 0. The van der Waals surface area contributed by atoms with Crippen molar-refractivity contribution in [3.63, 3.8) is 0 Å². The first kappa shape index (κ1) is 11.9. The van der Waals surface area contributed by atoms with Crippen LogP contribution in [0.5, 0.6) is 0 Å². The highest BCUT2D eigenvalue weighted by Crippen LogP contribution is 2.33. The van der Waals surface area contributed by atoms with Crippen LogP contribution in [0.3, 0.4) is 0 Å². The van der Waals surface area contributed by atoms with Crippen LogP contribution in [-0.2, 0) is 0 Å². The largest absolute Gasteiger partial charge is 0.320 e. The maximum atomic E-state index is 6.42. The molecule has 1 atom stereocenters. The standard InChI is InChI=1S/C15H12BrNS/c16-13-7-2-1-5-11(13)14(17)12-6-3-4-10-8-9-18-15(10)12/h1-9,14H,17H2. The van der Waals surface area contributed by atoms with Crippen LogP contribution in [0.2, 0.25) is 0 Å².